The predicted octanol–water partition coefficient (Wildman–Crippen LogP) is 2.92. The maximum Gasteiger partial charge on any atom is 0.243 e. The second kappa shape index (κ2) is 8.51. The summed E-state index contributed by atoms with van der Waals surface area (Å²) >= 11 is 0. The molecule has 0 saturated carbocycles. The summed E-state index contributed by atoms with van der Waals surface area (Å²) in [5.74, 6) is 0. The number of hydrogen-bond acceptors (Lipinski definition) is 3. The summed E-state index contributed by atoms with van der Waals surface area (Å²) in [6, 6.07) is 5.70. The van der Waals surface area contributed by atoms with E-state index in [2.05, 4.69) is 5.32 Å². The molecule has 0 aliphatic rings. The molecule has 120 valence electrons. The zero-order chi connectivity index (χ0) is 15.9. The summed E-state index contributed by atoms with van der Waals surface area (Å²) in [7, 11) is -3.40. The molecule has 1 aromatic carbocycles. The van der Waals surface area contributed by atoms with Crippen molar-refractivity contribution in [3.05, 3.63) is 29.3 Å². The normalized spacial score (nSPS) is 12.0. The Bertz CT molecular complexity index is 535. The van der Waals surface area contributed by atoms with Gasteiger partial charge in [-0.1, -0.05) is 32.9 Å². The molecule has 0 amide bonds. The average Bonchev–Trinajstić information content (AvgIpc) is 2.46. The van der Waals surface area contributed by atoms with E-state index in [1.54, 1.807) is 4.31 Å². The molecule has 0 saturated heterocycles. The summed E-state index contributed by atoms with van der Waals surface area (Å²) in [5, 5.41) is 3.23. The number of hydrogen-bond donors (Lipinski definition) is 1. The van der Waals surface area contributed by atoms with E-state index in [9.17, 15) is 8.42 Å². The number of benzene rings is 1. The van der Waals surface area contributed by atoms with Crippen LogP contribution in [0.1, 0.15) is 44.7 Å². The molecule has 0 fully saturated rings. The number of rotatable bonds is 9. The quantitative estimate of drug-likeness (QED) is 0.763. The van der Waals surface area contributed by atoms with Crippen LogP contribution in [-0.4, -0.2) is 32.4 Å². The molecule has 0 atom stereocenters. The Morgan fingerprint density at radius 2 is 1.71 bits per heavy atom. The van der Waals surface area contributed by atoms with Crippen molar-refractivity contribution >= 4 is 10.0 Å². The molecular weight excluding hydrogens is 284 g/mol. The van der Waals surface area contributed by atoms with Crippen LogP contribution in [0.2, 0.25) is 0 Å². The van der Waals surface area contributed by atoms with Gasteiger partial charge >= 0.3 is 0 Å². The Hall–Kier alpha value is -0.910. The minimum Gasteiger partial charge on any atom is -0.313 e. The molecular formula is C16H28N2O2S. The molecule has 0 bridgehead atoms. The molecule has 1 rings (SSSR count). The van der Waals surface area contributed by atoms with Crippen LogP contribution in [0.25, 0.3) is 0 Å². The highest BCUT2D eigenvalue weighted by Gasteiger charge is 2.24. The number of nitrogens with one attached hydrogen (secondary N) is 1. The Labute approximate surface area is 129 Å². The summed E-state index contributed by atoms with van der Waals surface area (Å²) in [5.41, 5.74) is 1.82. The molecule has 1 N–H and O–H groups in total. The Balaban J connectivity index is 3.15. The number of nitrogens with zero attached hydrogens (tertiary/aromatic N) is 1. The third-order valence-electron chi connectivity index (χ3n) is 3.40. The van der Waals surface area contributed by atoms with Gasteiger partial charge in [0.2, 0.25) is 10.0 Å². The second-order valence-corrected chi connectivity index (χ2v) is 7.19. The van der Waals surface area contributed by atoms with Crippen LogP contribution in [0.3, 0.4) is 0 Å². The fourth-order valence-electron chi connectivity index (χ4n) is 2.29. The fraction of sp³-hybridized carbons (Fsp3) is 0.625. The monoisotopic (exact) mass is 312 g/mol. The van der Waals surface area contributed by atoms with Gasteiger partial charge in [-0.2, -0.15) is 4.31 Å². The summed E-state index contributed by atoms with van der Waals surface area (Å²) in [4.78, 5) is 0.444. The lowest BCUT2D eigenvalue weighted by Crippen LogP contribution is -2.33. The molecule has 1 aromatic rings. The molecule has 0 unspecified atom stereocenters. The van der Waals surface area contributed by atoms with Gasteiger partial charge in [-0.3, -0.25) is 0 Å². The van der Waals surface area contributed by atoms with Gasteiger partial charge in [-0.15, -0.1) is 0 Å². The van der Waals surface area contributed by atoms with Crippen molar-refractivity contribution < 1.29 is 8.42 Å². The molecule has 0 aliphatic heterocycles. The SMILES string of the molecule is CCCN(CCC)S(=O)(=O)c1cc(CNCC)ccc1C. The molecule has 5 heteroatoms. The number of aryl methyl sites for hydroxylation is 1. The highest BCUT2D eigenvalue weighted by molar-refractivity contribution is 7.89. The maximum atomic E-state index is 12.9. The first-order valence-electron chi connectivity index (χ1n) is 7.77. The topological polar surface area (TPSA) is 49.4 Å². The van der Waals surface area contributed by atoms with Gasteiger partial charge in [0, 0.05) is 19.6 Å². The van der Waals surface area contributed by atoms with Crippen molar-refractivity contribution in [1.29, 1.82) is 0 Å². The molecule has 0 aliphatic carbocycles. The van der Waals surface area contributed by atoms with Crippen LogP contribution in [0.5, 0.6) is 0 Å². The van der Waals surface area contributed by atoms with Crippen LogP contribution in [-0.2, 0) is 16.6 Å². The highest BCUT2D eigenvalue weighted by atomic mass is 32.2. The molecule has 0 spiro atoms. The highest BCUT2D eigenvalue weighted by Crippen LogP contribution is 2.22. The van der Waals surface area contributed by atoms with E-state index in [0.29, 0.717) is 24.5 Å². The smallest absolute Gasteiger partial charge is 0.243 e. The van der Waals surface area contributed by atoms with Crippen molar-refractivity contribution in [2.24, 2.45) is 0 Å². The number of sulfonamides is 1. The van der Waals surface area contributed by atoms with Crippen LogP contribution >= 0.6 is 0 Å². The van der Waals surface area contributed by atoms with Crippen molar-refractivity contribution in [2.75, 3.05) is 19.6 Å². The van der Waals surface area contributed by atoms with Gasteiger partial charge in [0.15, 0.2) is 0 Å². The lowest BCUT2D eigenvalue weighted by molar-refractivity contribution is 0.409. The van der Waals surface area contributed by atoms with Crippen molar-refractivity contribution in [1.82, 2.24) is 9.62 Å². The van der Waals surface area contributed by atoms with E-state index in [0.717, 1.165) is 30.5 Å². The maximum absolute atomic E-state index is 12.9. The standard InChI is InChI=1S/C16H28N2O2S/c1-5-10-18(11-6-2)21(19,20)16-12-15(13-17-7-3)9-8-14(16)4/h8-9,12,17H,5-7,10-11,13H2,1-4H3. The third kappa shape index (κ3) is 4.80. The zero-order valence-corrected chi connectivity index (χ0v) is 14.5. The lowest BCUT2D eigenvalue weighted by Gasteiger charge is -2.22. The fourth-order valence-corrected chi connectivity index (χ4v) is 4.19. The largest absolute Gasteiger partial charge is 0.313 e. The lowest BCUT2D eigenvalue weighted by atomic mass is 10.1. The van der Waals surface area contributed by atoms with Crippen molar-refractivity contribution in [3.8, 4) is 0 Å². The Kier molecular flexibility index (Phi) is 7.35. The molecule has 0 aromatic heterocycles. The minimum absolute atomic E-state index is 0.444. The van der Waals surface area contributed by atoms with Gasteiger partial charge in [-0.25, -0.2) is 8.42 Å². The second-order valence-electron chi connectivity index (χ2n) is 5.28. The Morgan fingerprint density at radius 1 is 1.10 bits per heavy atom. The van der Waals surface area contributed by atoms with E-state index >= 15 is 0 Å². The van der Waals surface area contributed by atoms with Gasteiger partial charge < -0.3 is 5.32 Å². The molecule has 0 heterocycles. The van der Waals surface area contributed by atoms with E-state index in [4.69, 9.17) is 0 Å². The van der Waals surface area contributed by atoms with Crippen LogP contribution < -0.4 is 5.32 Å². The van der Waals surface area contributed by atoms with Crippen molar-refractivity contribution in [3.63, 3.8) is 0 Å². The van der Waals surface area contributed by atoms with Gasteiger partial charge in [-0.05, 0) is 43.5 Å². The van der Waals surface area contributed by atoms with Crippen LogP contribution in [0.15, 0.2) is 23.1 Å². The molecule has 21 heavy (non-hydrogen) atoms. The van der Waals surface area contributed by atoms with Crippen molar-refractivity contribution in [2.45, 2.75) is 52.0 Å². The summed E-state index contributed by atoms with van der Waals surface area (Å²) in [6.45, 7) is 10.6. The summed E-state index contributed by atoms with van der Waals surface area (Å²) in [6.07, 6.45) is 1.66. The van der Waals surface area contributed by atoms with E-state index in [1.807, 2.05) is 45.9 Å². The third-order valence-corrected chi connectivity index (χ3v) is 5.44. The average molecular weight is 312 g/mol. The first-order valence-corrected chi connectivity index (χ1v) is 9.21. The molecule has 4 nitrogen and oxygen atoms in total. The minimum atomic E-state index is -3.40. The van der Waals surface area contributed by atoms with Gasteiger partial charge in [0.1, 0.15) is 0 Å². The predicted molar refractivity (Wildman–Crippen MR) is 87.9 cm³/mol. The van der Waals surface area contributed by atoms with E-state index in [-0.39, 0.29) is 0 Å². The van der Waals surface area contributed by atoms with E-state index < -0.39 is 10.0 Å². The van der Waals surface area contributed by atoms with Crippen LogP contribution in [0, 0.1) is 6.92 Å². The first kappa shape index (κ1) is 18.1. The zero-order valence-electron chi connectivity index (χ0n) is 13.6. The first-order chi connectivity index (χ1) is 9.97. The summed E-state index contributed by atoms with van der Waals surface area (Å²) < 4.78 is 27.3. The Morgan fingerprint density at radius 3 is 2.24 bits per heavy atom. The molecule has 0 radical (unpaired) electrons. The van der Waals surface area contributed by atoms with Gasteiger partial charge in [0.25, 0.3) is 0 Å². The van der Waals surface area contributed by atoms with Gasteiger partial charge in [0.05, 0.1) is 4.90 Å². The van der Waals surface area contributed by atoms with Crippen LogP contribution in [0.4, 0.5) is 0 Å². The van der Waals surface area contributed by atoms with E-state index in [1.165, 1.54) is 0 Å².